The molecule has 0 saturated carbocycles. The van der Waals surface area contributed by atoms with E-state index in [1.54, 1.807) is 11.8 Å². The minimum atomic E-state index is -0.603. The number of rotatable bonds is 9. The number of carbonyl (C=O) groups excluding carboxylic acids is 2. The Labute approximate surface area is 193 Å². The smallest absolute Gasteiger partial charge is 0.261 e. The summed E-state index contributed by atoms with van der Waals surface area (Å²) in [6, 6.07) is 15.2. The fourth-order valence-corrected chi connectivity index (χ4v) is 3.32. The van der Waals surface area contributed by atoms with Crippen molar-refractivity contribution in [3.8, 4) is 5.75 Å². The Hall–Kier alpha value is -2.82. The lowest BCUT2D eigenvalue weighted by atomic mass is 9.87. The molecule has 1 N–H and O–H groups in total. The van der Waals surface area contributed by atoms with Crippen molar-refractivity contribution in [1.29, 1.82) is 0 Å². The molecule has 0 fully saturated rings. The van der Waals surface area contributed by atoms with Gasteiger partial charge in [0.15, 0.2) is 6.61 Å². The van der Waals surface area contributed by atoms with Crippen LogP contribution in [0.25, 0.3) is 0 Å². The average Bonchev–Trinajstić information content (AvgIpc) is 2.73. The van der Waals surface area contributed by atoms with Gasteiger partial charge in [0.1, 0.15) is 11.8 Å². The maximum absolute atomic E-state index is 13.1. The van der Waals surface area contributed by atoms with Crippen molar-refractivity contribution in [1.82, 2.24) is 10.2 Å². The first kappa shape index (κ1) is 25.4. The molecule has 0 aliphatic heterocycles. The van der Waals surface area contributed by atoms with Gasteiger partial charge in [0.25, 0.3) is 5.91 Å². The molecule has 2 aromatic rings. The van der Waals surface area contributed by atoms with E-state index in [2.05, 4.69) is 26.1 Å². The topological polar surface area (TPSA) is 58.6 Å². The Morgan fingerprint density at radius 1 is 1.03 bits per heavy atom. The summed E-state index contributed by atoms with van der Waals surface area (Å²) in [5.41, 5.74) is 3.35. The molecule has 0 bridgehead atoms. The molecule has 1 atom stereocenters. The summed E-state index contributed by atoms with van der Waals surface area (Å²) in [6.07, 6.45) is 0. The van der Waals surface area contributed by atoms with Crippen LogP contribution in [0.2, 0.25) is 0 Å². The van der Waals surface area contributed by atoms with Crippen LogP contribution in [-0.2, 0) is 21.5 Å². The first-order valence-electron chi connectivity index (χ1n) is 11.3. The Balaban J connectivity index is 2.12. The summed E-state index contributed by atoms with van der Waals surface area (Å²) in [4.78, 5) is 27.4. The molecule has 0 heterocycles. The standard InChI is InChI=1S/C27H38N2O3/c1-19(2)16-28-26(31)21(4)29(17-22-10-8-9-20(3)15-22)25(30)18-32-24-13-11-23(12-14-24)27(5,6)7/h8-15,19,21H,16-18H2,1-7H3,(H,28,31). The van der Waals surface area contributed by atoms with Crippen LogP contribution in [0, 0.1) is 12.8 Å². The van der Waals surface area contributed by atoms with Gasteiger partial charge in [-0.15, -0.1) is 0 Å². The van der Waals surface area contributed by atoms with Crippen LogP contribution in [-0.4, -0.2) is 35.9 Å². The predicted octanol–water partition coefficient (Wildman–Crippen LogP) is 4.86. The summed E-state index contributed by atoms with van der Waals surface area (Å²) >= 11 is 0. The molecule has 5 heteroatoms. The van der Waals surface area contributed by atoms with E-state index >= 15 is 0 Å². The van der Waals surface area contributed by atoms with E-state index in [1.807, 2.05) is 69.3 Å². The SMILES string of the molecule is Cc1cccc(CN(C(=O)COc2ccc(C(C)(C)C)cc2)C(C)C(=O)NCC(C)C)c1. The summed E-state index contributed by atoms with van der Waals surface area (Å²) in [6.45, 7) is 15.1. The van der Waals surface area contributed by atoms with E-state index in [9.17, 15) is 9.59 Å². The third-order valence-electron chi connectivity index (χ3n) is 5.37. The maximum atomic E-state index is 13.1. The van der Waals surface area contributed by atoms with E-state index < -0.39 is 6.04 Å². The maximum Gasteiger partial charge on any atom is 0.261 e. The van der Waals surface area contributed by atoms with Crippen LogP contribution in [0.1, 0.15) is 58.2 Å². The Kier molecular flexibility index (Phi) is 8.88. The highest BCUT2D eigenvalue weighted by Gasteiger charge is 2.26. The molecule has 2 aromatic carbocycles. The van der Waals surface area contributed by atoms with Crippen molar-refractivity contribution in [2.24, 2.45) is 5.92 Å². The second kappa shape index (κ2) is 11.2. The van der Waals surface area contributed by atoms with E-state index in [4.69, 9.17) is 4.74 Å². The first-order valence-corrected chi connectivity index (χ1v) is 11.3. The zero-order valence-corrected chi connectivity index (χ0v) is 20.6. The van der Waals surface area contributed by atoms with Gasteiger partial charge in [0.2, 0.25) is 5.91 Å². The monoisotopic (exact) mass is 438 g/mol. The first-order chi connectivity index (χ1) is 15.0. The molecule has 174 valence electrons. The average molecular weight is 439 g/mol. The second-order valence-electron chi connectivity index (χ2n) is 9.89. The van der Waals surface area contributed by atoms with Crippen molar-refractivity contribution < 1.29 is 14.3 Å². The van der Waals surface area contributed by atoms with Crippen LogP contribution in [0.4, 0.5) is 0 Å². The van der Waals surface area contributed by atoms with E-state index in [0.29, 0.717) is 24.8 Å². The van der Waals surface area contributed by atoms with Crippen LogP contribution >= 0.6 is 0 Å². The highest BCUT2D eigenvalue weighted by Crippen LogP contribution is 2.24. The van der Waals surface area contributed by atoms with E-state index in [1.165, 1.54) is 5.56 Å². The largest absolute Gasteiger partial charge is 0.484 e. The summed E-state index contributed by atoms with van der Waals surface area (Å²) in [5, 5.41) is 2.93. The van der Waals surface area contributed by atoms with Gasteiger partial charge in [-0.25, -0.2) is 0 Å². The van der Waals surface area contributed by atoms with Crippen LogP contribution < -0.4 is 10.1 Å². The lowest BCUT2D eigenvalue weighted by Crippen LogP contribution is -2.49. The molecule has 0 aromatic heterocycles. The van der Waals surface area contributed by atoms with Crippen molar-refractivity contribution in [2.75, 3.05) is 13.2 Å². The number of hydrogen-bond donors (Lipinski definition) is 1. The lowest BCUT2D eigenvalue weighted by Gasteiger charge is -2.29. The lowest BCUT2D eigenvalue weighted by molar-refractivity contribution is -0.142. The van der Waals surface area contributed by atoms with Crippen molar-refractivity contribution >= 4 is 11.8 Å². The van der Waals surface area contributed by atoms with Gasteiger partial charge in [0.05, 0.1) is 0 Å². The Morgan fingerprint density at radius 2 is 1.69 bits per heavy atom. The fourth-order valence-electron chi connectivity index (χ4n) is 3.32. The van der Waals surface area contributed by atoms with Gasteiger partial charge in [-0.2, -0.15) is 0 Å². The number of amides is 2. The predicted molar refractivity (Wildman–Crippen MR) is 130 cm³/mol. The zero-order chi connectivity index (χ0) is 23.9. The Bertz CT molecular complexity index is 898. The highest BCUT2D eigenvalue weighted by atomic mass is 16.5. The van der Waals surface area contributed by atoms with Gasteiger partial charge in [-0.05, 0) is 48.4 Å². The van der Waals surface area contributed by atoms with E-state index in [-0.39, 0.29) is 23.8 Å². The molecule has 5 nitrogen and oxygen atoms in total. The summed E-state index contributed by atoms with van der Waals surface area (Å²) in [5.74, 6) is 0.595. The number of ether oxygens (including phenoxy) is 1. The van der Waals surface area contributed by atoms with Gasteiger partial charge in [-0.3, -0.25) is 9.59 Å². The summed E-state index contributed by atoms with van der Waals surface area (Å²) < 4.78 is 5.78. The number of aryl methyl sites for hydroxylation is 1. The van der Waals surface area contributed by atoms with Crippen LogP contribution in [0.5, 0.6) is 5.75 Å². The van der Waals surface area contributed by atoms with Gasteiger partial charge >= 0.3 is 0 Å². The molecule has 1 unspecified atom stereocenters. The fraction of sp³-hybridized carbons (Fsp3) is 0.481. The Morgan fingerprint density at radius 3 is 2.25 bits per heavy atom. The van der Waals surface area contributed by atoms with Crippen molar-refractivity contribution in [2.45, 2.75) is 66.5 Å². The third kappa shape index (κ3) is 7.70. The third-order valence-corrected chi connectivity index (χ3v) is 5.37. The number of benzene rings is 2. The number of nitrogens with one attached hydrogen (secondary N) is 1. The van der Waals surface area contributed by atoms with Gasteiger partial charge in [0, 0.05) is 13.1 Å². The second-order valence-corrected chi connectivity index (χ2v) is 9.89. The molecule has 2 amide bonds. The van der Waals surface area contributed by atoms with Crippen molar-refractivity contribution in [3.05, 3.63) is 65.2 Å². The minimum Gasteiger partial charge on any atom is -0.484 e. The molecule has 32 heavy (non-hydrogen) atoms. The van der Waals surface area contributed by atoms with Crippen LogP contribution in [0.15, 0.2) is 48.5 Å². The molecule has 0 aliphatic rings. The number of carbonyl (C=O) groups is 2. The number of nitrogens with zero attached hydrogens (tertiary/aromatic N) is 1. The van der Waals surface area contributed by atoms with E-state index in [0.717, 1.165) is 11.1 Å². The highest BCUT2D eigenvalue weighted by molar-refractivity contribution is 5.88. The molecule has 0 spiro atoms. The molecule has 0 saturated heterocycles. The van der Waals surface area contributed by atoms with Crippen LogP contribution in [0.3, 0.4) is 0 Å². The van der Waals surface area contributed by atoms with Crippen molar-refractivity contribution in [3.63, 3.8) is 0 Å². The molecule has 2 rings (SSSR count). The van der Waals surface area contributed by atoms with Gasteiger partial charge in [-0.1, -0.05) is 76.6 Å². The quantitative estimate of drug-likeness (QED) is 0.608. The van der Waals surface area contributed by atoms with Gasteiger partial charge < -0.3 is 15.0 Å². The summed E-state index contributed by atoms with van der Waals surface area (Å²) in [7, 11) is 0. The minimum absolute atomic E-state index is 0.0533. The number of hydrogen-bond acceptors (Lipinski definition) is 3. The molecule has 0 radical (unpaired) electrons. The molecular formula is C27H38N2O3. The zero-order valence-electron chi connectivity index (χ0n) is 20.6. The molecular weight excluding hydrogens is 400 g/mol. The molecule has 0 aliphatic carbocycles. The normalized spacial score (nSPS) is 12.4.